The first-order valence-corrected chi connectivity index (χ1v) is 7.13. The minimum Gasteiger partial charge on any atom is -0.496 e. The third kappa shape index (κ3) is 6.78. The molecule has 0 radical (unpaired) electrons. The zero-order valence-corrected chi connectivity index (χ0v) is 16.3. The van der Waals surface area contributed by atoms with E-state index >= 15 is 0 Å². The van der Waals surface area contributed by atoms with Crippen molar-refractivity contribution in [3.63, 3.8) is 0 Å². The maximum atomic E-state index is 5.34. The van der Waals surface area contributed by atoms with Crippen LogP contribution in [0.25, 0.3) is 0 Å². The minimum atomic E-state index is 0. The highest BCUT2D eigenvalue weighted by Crippen LogP contribution is 2.22. The first kappa shape index (κ1) is 19.5. The summed E-state index contributed by atoms with van der Waals surface area (Å²) in [6.45, 7) is 5.89. The second kappa shape index (κ2) is 10.3. The van der Waals surface area contributed by atoms with Gasteiger partial charge in [0.25, 0.3) is 0 Å². The summed E-state index contributed by atoms with van der Waals surface area (Å²) in [5.74, 6) is 2.25. The number of nitrogens with zero attached hydrogens (tertiary/aromatic N) is 1. The van der Waals surface area contributed by atoms with Crippen molar-refractivity contribution in [1.29, 1.82) is 0 Å². The molecule has 0 fully saturated rings. The molecule has 0 aliphatic rings. The number of guanidine groups is 1. The van der Waals surface area contributed by atoms with E-state index in [1.54, 1.807) is 14.2 Å². The van der Waals surface area contributed by atoms with Gasteiger partial charge in [-0.05, 0) is 24.1 Å². The van der Waals surface area contributed by atoms with Crippen LogP contribution >= 0.6 is 39.9 Å². The minimum absolute atomic E-state index is 0. The Bertz CT molecular complexity index is 438. The summed E-state index contributed by atoms with van der Waals surface area (Å²) in [6, 6.07) is 5.96. The van der Waals surface area contributed by atoms with Gasteiger partial charge in [0.05, 0.1) is 7.11 Å². The molecule has 0 unspecified atom stereocenters. The molecule has 1 rings (SSSR count). The number of hydrogen-bond acceptors (Lipinski definition) is 2. The SMILES string of the molecule is CN=C(NCc1cc(Br)ccc1OC)NCC(C)C.I. The lowest BCUT2D eigenvalue weighted by atomic mass is 10.2. The first-order valence-electron chi connectivity index (χ1n) is 6.33. The Hall–Kier alpha value is -0.500. The van der Waals surface area contributed by atoms with Crippen LogP contribution in [-0.4, -0.2) is 26.7 Å². The summed E-state index contributed by atoms with van der Waals surface area (Å²) in [5, 5.41) is 6.56. The summed E-state index contributed by atoms with van der Waals surface area (Å²) in [5.41, 5.74) is 1.09. The van der Waals surface area contributed by atoms with Crippen LogP contribution in [0.2, 0.25) is 0 Å². The van der Waals surface area contributed by atoms with Crippen LogP contribution in [0.3, 0.4) is 0 Å². The lowest BCUT2D eigenvalue weighted by Crippen LogP contribution is -2.38. The molecule has 0 saturated heterocycles. The molecule has 6 heteroatoms. The standard InChI is InChI=1S/C14H22BrN3O.HI/c1-10(2)8-17-14(16-3)18-9-11-7-12(15)5-6-13(11)19-4;/h5-7,10H,8-9H2,1-4H3,(H2,16,17,18);1H. The topological polar surface area (TPSA) is 45.7 Å². The number of methoxy groups -OCH3 is 1. The second-order valence-electron chi connectivity index (χ2n) is 4.66. The van der Waals surface area contributed by atoms with Crippen LogP contribution in [0.15, 0.2) is 27.7 Å². The molecular weight excluding hydrogens is 433 g/mol. The Balaban J connectivity index is 0.00000361. The predicted octanol–water partition coefficient (Wildman–Crippen LogP) is 3.40. The van der Waals surface area contributed by atoms with Gasteiger partial charge in [0.2, 0.25) is 0 Å². The van der Waals surface area contributed by atoms with Crippen molar-refractivity contribution in [3.8, 4) is 5.75 Å². The van der Waals surface area contributed by atoms with Crippen LogP contribution < -0.4 is 15.4 Å². The molecule has 0 aromatic heterocycles. The Morgan fingerprint density at radius 3 is 2.60 bits per heavy atom. The fourth-order valence-corrected chi connectivity index (χ4v) is 1.99. The third-order valence-corrected chi connectivity index (χ3v) is 3.08. The van der Waals surface area contributed by atoms with Gasteiger partial charge < -0.3 is 15.4 Å². The van der Waals surface area contributed by atoms with E-state index in [-0.39, 0.29) is 24.0 Å². The molecule has 0 saturated carbocycles. The molecule has 0 aliphatic carbocycles. The molecule has 2 N–H and O–H groups in total. The normalized spacial score (nSPS) is 11.0. The van der Waals surface area contributed by atoms with Crippen molar-refractivity contribution in [1.82, 2.24) is 10.6 Å². The van der Waals surface area contributed by atoms with Crippen molar-refractivity contribution >= 4 is 45.9 Å². The Labute approximate surface area is 146 Å². The number of ether oxygens (including phenoxy) is 1. The number of benzene rings is 1. The molecule has 20 heavy (non-hydrogen) atoms. The van der Waals surface area contributed by atoms with Gasteiger partial charge in [-0.25, -0.2) is 0 Å². The van der Waals surface area contributed by atoms with Gasteiger partial charge in [0.15, 0.2) is 5.96 Å². The van der Waals surface area contributed by atoms with Crippen LogP contribution in [0.4, 0.5) is 0 Å². The molecule has 0 bridgehead atoms. The van der Waals surface area contributed by atoms with Crippen molar-refractivity contribution in [2.45, 2.75) is 20.4 Å². The molecule has 0 aliphatic heterocycles. The van der Waals surface area contributed by atoms with Gasteiger partial charge in [0.1, 0.15) is 5.75 Å². The van der Waals surface area contributed by atoms with E-state index in [1.807, 2.05) is 18.2 Å². The van der Waals surface area contributed by atoms with Gasteiger partial charge in [-0.1, -0.05) is 29.8 Å². The van der Waals surface area contributed by atoms with Crippen LogP contribution in [-0.2, 0) is 6.54 Å². The Morgan fingerprint density at radius 2 is 2.05 bits per heavy atom. The number of halogens is 2. The van der Waals surface area contributed by atoms with Gasteiger partial charge in [-0.15, -0.1) is 24.0 Å². The molecule has 4 nitrogen and oxygen atoms in total. The summed E-state index contributed by atoms with van der Waals surface area (Å²) in [7, 11) is 3.45. The highest BCUT2D eigenvalue weighted by Gasteiger charge is 2.05. The fourth-order valence-electron chi connectivity index (χ4n) is 1.59. The van der Waals surface area contributed by atoms with E-state index in [0.29, 0.717) is 12.5 Å². The summed E-state index contributed by atoms with van der Waals surface area (Å²) >= 11 is 3.47. The van der Waals surface area contributed by atoms with Gasteiger partial charge >= 0.3 is 0 Å². The fraction of sp³-hybridized carbons (Fsp3) is 0.500. The van der Waals surface area contributed by atoms with E-state index in [9.17, 15) is 0 Å². The number of hydrogen-bond donors (Lipinski definition) is 2. The molecular formula is C14H23BrIN3O. The van der Waals surface area contributed by atoms with Gasteiger partial charge in [-0.3, -0.25) is 4.99 Å². The lowest BCUT2D eigenvalue weighted by Gasteiger charge is -2.15. The largest absolute Gasteiger partial charge is 0.496 e. The maximum absolute atomic E-state index is 5.34. The van der Waals surface area contributed by atoms with Gasteiger partial charge in [-0.2, -0.15) is 0 Å². The number of nitrogens with one attached hydrogen (secondary N) is 2. The average Bonchev–Trinajstić information content (AvgIpc) is 2.39. The number of rotatable bonds is 5. The zero-order chi connectivity index (χ0) is 14.3. The smallest absolute Gasteiger partial charge is 0.191 e. The highest BCUT2D eigenvalue weighted by molar-refractivity contribution is 14.0. The van der Waals surface area contributed by atoms with E-state index in [1.165, 1.54) is 0 Å². The molecule has 0 heterocycles. The average molecular weight is 456 g/mol. The molecule has 1 aromatic rings. The van der Waals surface area contributed by atoms with Crippen LogP contribution in [0.1, 0.15) is 19.4 Å². The van der Waals surface area contributed by atoms with Crippen molar-refractivity contribution < 1.29 is 4.74 Å². The zero-order valence-electron chi connectivity index (χ0n) is 12.4. The van der Waals surface area contributed by atoms with Crippen LogP contribution in [0, 0.1) is 5.92 Å². The molecule has 0 spiro atoms. The molecule has 114 valence electrons. The van der Waals surface area contributed by atoms with Gasteiger partial charge in [0, 0.05) is 30.2 Å². The molecule has 0 atom stereocenters. The van der Waals surface area contributed by atoms with E-state index in [2.05, 4.69) is 45.4 Å². The monoisotopic (exact) mass is 455 g/mol. The van der Waals surface area contributed by atoms with Crippen molar-refractivity contribution in [2.75, 3.05) is 20.7 Å². The van der Waals surface area contributed by atoms with E-state index in [4.69, 9.17) is 4.74 Å². The summed E-state index contributed by atoms with van der Waals surface area (Å²) < 4.78 is 6.38. The van der Waals surface area contributed by atoms with Crippen LogP contribution in [0.5, 0.6) is 5.75 Å². The maximum Gasteiger partial charge on any atom is 0.191 e. The lowest BCUT2D eigenvalue weighted by molar-refractivity contribution is 0.409. The van der Waals surface area contributed by atoms with Crippen molar-refractivity contribution in [3.05, 3.63) is 28.2 Å². The van der Waals surface area contributed by atoms with E-state index in [0.717, 1.165) is 28.3 Å². The number of aliphatic imine (C=N–C) groups is 1. The predicted molar refractivity (Wildman–Crippen MR) is 99.1 cm³/mol. The summed E-state index contributed by atoms with van der Waals surface area (Å²) in [4.78, 5) is 4.19. The summed E-state index contributed by atoms with van der Waals surface area (Å²) in [6.07, 6.45) is 0. The Kier molecular flexibility index (Phi) is 10.0. The third-order valence-electron chi connectivity index (χ3n) is 2.59. The Morgan fingerprint density at radius 1 is 1.35 bits per heavy atom. The molecule has 1 aromatic carbocycles. The van der Waals surface area contributed by atoms with E-state index < -0.39 is 0 Å². The highest BCUT2D eigenvalue weighted by atomic mass is 127. The molecule has 0 amide bonds. The van der Waals surface area contributed by atoms with Crippen molar-refractivity contribution in [2.24, 2.45) is 10.9 Å². The quantitative estimate of drug-likeness (QED) is 0.406. The first-order chi connectivity index (χ1) is 9.06. The second-order valence-corrected chi connectivity index (χ2v) is 5.57.